The lowest BCUT2D eigenvalue weighted by Crippen LogP contribution is -2.32. The van der Waals surface area contributed by atoms with Crippen molar-refractivity contribution in [2.24, 2.45) is 0 Å². The summed E-state index contributed by atoms with van der Waals surface area (Å²) < 4.78 is 16.2. The van der Waals surface area contributed by atoms with E-state index in [-0.39, 0.29) is 18.1 Å². The Morgan fingerprint density at radius 3 is 2.28 bits per heavy atom. The maximum atomic E-state index is 13.3. The summed E-state index contributed by atoms with van der Waals surface area (Å²) in [6.07, 6.45) is 1.63. The Hall–Kier alpha value is -3.85. The minimum absolute atomic E-state index is 0.0772. The van der Waals surface area contributed by atoms with Gasteiger partial charge in [-0.25, -0.2) is 0 Å². The van der Waals surface area contributed by atoms with Crippen LogP contribution in [0.5, 0.6) is 17.2 Å². The predicted octanol–water partition coefficient (Wildman–Crippen LogP) is 3.56. The third-order valence-corrected chi connectivity index (χ3v) is 5.80. The summed E-state index contributed by atoms with van der Waals surface area (Å²) in [6, 6.07) is 12.4. The largest absolute Gasteiger partial charge is 0.493 e. The van der Waals surface area contributed by atoms with Crippen LogP contribution in [0.25, 0.3) is 5.57 Å². The molecule has 0 saturated carbocycles. The fraction of sp³-hybridized carbons (Fsp3) is 0.174. The second kappa shape index (κ2) is 9.11. The number of rotatable bonds is 8. The predicted molar refractivity (Wildman–Crippen MR) is 121 cm³/mol. The molecule has 0 spiro atoms. The number of nitrogens with one attached hydrogen (secondary N) is 1. The Kier molecular flexibility index (Phi) is 6.09. The first-order valence-electron chi connectivity index (χ1n) is 9.68. The molecule has 164 valence electrons. The molecule has 32 heavy (non-hydrogen) atoms. The van der Waals surface area contributed by atoms with Crippen molar-refractivity contribution in [1.82, 2.24) is 9.88 Å². The van der Waals surface area contributed by atoms with E-state index in [1.54, 1.807) is 30.5 Å². The summed E-state index contributed by atoms with van der Waals surface area (Å²) in [4.78, 5) is 32.8. The van der Waals surface area contributed by atoms with E-state index in [1.165, 1.54) is 37.6 Å². The van der Waals surface area contributed by atoms with Crippen molar-refractivity contribution >= 4 is 34.4 Å². The Balaban J connectivity index is 1.74. The van der Waals surface area contributed by atoms with Gasteiger partial charge < -0.3 is 19.5 Å². The van der Waals surface area contributed by atoms with Gasteiger partial charge >= 0.3 is 0 Å². The number of benzene rings is 1. The highest BCUT2D eigenvalue weighted by atomic mass is 32.1. The van der Waals surface area contributed by atoms with E-state index in [2.05, 4.69) is 10.3 Å². The Labute approximate surface area is 189 Å². The molecular formula is C23H21N3O5S. The van der Waals surface area contributed by atoms with Crippen LogP contribution in [0, 0.1) is 0 Å². The van der Waals surface area contributed by atoms with Gasteiger partial charge in [0.1, 0.15) is 5.70 Å². The van der Waals surface area contributed by atoms with E-state index >= 15 is 0 Å². The van der Waals surface area contributed by atoms with E-state index in [1.807, 2.05) is 23.6 Å². The molecule has 1 aliphatic heterocycles. The van der Waals surface area contributed by atoms with Crippen LogP contribution in [0.1, 0.15) is 10.6 Å². The molecule has 8 nitrogen and oxygen atoms in total. The zero-order chi connectivity index (χ0) is 22.7. The van der Waals surface area contributed by atoms with Crippen LogP contribution in [0.15, 0.2) is 59.7 Å². The molecular weight excluding hydrogens is 430 g/mol. The van der Waals surface area contributed by atoms with Gasteiger partial charge in [0.25, 0.3) is 11.8 Å². The van der Waals surface area contributed by atoms with Crippen LogP contribution in [-0.2, 0) is 16.1 Å². The van der Waals surface area contributed by atoms with Gasteiger partial charge in [-0.2, -0.15) is 0 Å². The molecule has 3 aromatic rings. The van der Waals surface area contributed by atoms with Gasteiger partial charge in [-0.1, -0.05) is 12.1 Å². The highest BCUT2D eigenvalue weighted by molar-refractivity contribution is 7.11. The van der Waals surface area contributed by atoms with Gasteiger partial charge in [0.15, 0.2) is 11.5 Å². The average Bonchev–Trinajstić information content (AvgIpc) is 3.42. The van der Waals surface area contributed by atoms with Gasteiger partial charge in [0, 0.05) is 28.9 Å². The van der Waals surface area contributed by atoms with Gasteiger partial charge in [-0.3, -0.25) is 19.5 Å². The van der Waals surface area contributed by atoms with Crippen LogP contribution < -0.4 is 19.5 Å². The first kappa shape index (κ1) is 21.4. The molecule has 1 N–H and O–H groups in total. The number of ether oxygens (including phenoxy) is 3. The molecule has 0 atom stereocenters. The van der Waals surface area contributed by atoms with Crippen LogP contribution >= 0.6 is 11.3 Å². The highest BCUT2D eigenvalue weighted by Gasteiger charge is 2.40. The molecule has 0 aliphatic carbocycles. The van der Waals surface area contributed by atoms with E-state index in [4.69, 9.17) is 14.2 Å². The topological polar surface area (TPSA) is 90.0 Å². The summed E-state index contributed by atoms with van der Waals surface area (Å²) in [5.41, 5.74) is 1.63. The molecule has 0 radical (unpaired) electrons. The van der Waals surface area contributed by atoms with Gasteiger partial charge in [-0.05, 0) is 23.6 Å². The van der Waals surface area contributed by atoms with Crippen molar-refractivity contribution in [3.63, 3.8) is 0 Å². The second-order valence-electron chi connectivity index (χ2n) is 6.78. The van der Waals surface area contributed by atoms with E-state index in [0.29, 0.717) is 39.1 Å². The number of pyridine rings is 1. The SMILES string of the molecule is COc1cc(NC2=C(c3cccs3)C(=O)N(Cc3ccccn3)C2=O)cc(OC)c1OC. The summed E-state index contributed by atoms with van der Waals surface area (Å²) in [5.74, 6) is 0.471. The quantitative estimate of drug-likeness (QED) is 0.524. The number of nitrogens with zero attached hydrogens (tertiary/aromatic N) is 2. The van der Waals surface area contributed by atoms with Crippen molar-refractivity contribution < 1.29 is 23.8 Å². The maximum Gasteiger partial charge on any atom is 0.278 e. The number of amides is 2. The third kappa shape index (κ3) is 3.90. The fourth-order valence-electron chi connectivity index (χ4n) is 3.44. The first-order valence-corrected chi connectivity index (χ1v) is 10.6. The van der Waals surface area contributed by atoms with Crippen molar-refractivity contribution in [2.45, 2.75) is 6.54 Å². The lowest BCUT2D eigenvalue weighted by molar-refractivity contribution is -0.137. The zero-order valence-electron chi connectivity index (χ0n) is 17.7. The molecule has 0 bridgehead atoms. The second-order valence-corrected chi connectivity index (χ2v) is 7.73. The summed E-state index contributed by atoms with van der Waals surface area (Å²) in [6.45, 7) is 0.0772. The van der Waals surface area contributed by atoms with E-state index in [0.717, 1.165) is 0 Å². The number of aromatic nitrogens is 1. The number of hydrogen-bond acceptors (Lipinski definition) is 8. The molecule has 4 rings (SSSR count). The summed E-state index contributed by atoms with van der Waals surface area (Å²) >= 11 is 1.39. The molecule has 0 unspecified atom stereocenters. The van der Waals surface area contributed by atoms with Crippen LogP contribution in [0.2, 0.25) is 0 Å². The fourth-order valence-corrected chi connectivity index (χ4v) is 4.20. The molecule has 0 fully saturated rings. The summed E-state index contributed by atoms with van der Waals surface area (Å²) in [7, 11) is 4.53. The smallest absolute Gasteiger partial charge is 0.278 e. The van der Waals surface area contributed by atoms with Crippen molar-refractivity contribution in [3.8, 4) is 17.2 Å². The minimum atomic E-state index is -0.433. The number of anilines is 1. The molecule has 0 saturated heterocycles. The maximum absolute atomic E-state index is 13.3. The summed E-state index contributed by atoms with van der Waals surface area (Å²) in [5, 5.41) is 4.97. The number of thiophene rings is 1. The molecule has 9 heteroatoms. The van der Waals surface area contributed by atoms with Crippen molar-refractivity contribution in [1.29, 1.82) is 0 Å². The van der Waals surface area contributed by atoms with E-state index < -0.39 is 5.91 Å². The number of methoxy groups -OCH3 is 3. The number of hydrogen-bond donors (Lipinski definition) is 1. The van der Waals surface area contributed by atoms with Crippen LogP contribution in [0.3, 0.4) is 0 Å². The van der Waals surface area contributed by atoms with E-state index in [9.17, 15) is 9.59 Å². The molecule has 1 aliphatic rings. The third-order valence-electron chi connectivity index (χ3n) is 4.92. The minimum Gasteiger partial charge on any atom is -0.493 e. The number of imide groups is 1. The lowest BCUT2D eigenvalue weighted by atomic mass is 10.1. The lowest BCUT2D eigenvalue weighted by Gasteiger charge is -2.16. The zero-order valence-corrected chi connectivity index (χ0v) is 18.6. The molecule has 2 amide bonds. The monoisotopic (exact) mass is 451 g/mol. The van der Waals surface area contributed by atoms with Crippen molar-refractivity contribution in [3.05, 3.63) is 70.3 Å². The van der Waals surface area contributed by atoms with Gasteiger partial charge in [0.05, 0.1) is 39.1 Å². The van der Waals surface area contributed by atoms with Gasteiger partial charge in [-0.15, -0.1) is 11.3 Å². The molecule has 1 aromatic carbocycles. The standard InChI is InChI=1S/C23H21N3O5S/c1-29-16-11-15(12-17(30-2)21(16)31-3)25-20-19(18-8-6-10-32-18)22(27)26(23(20)28)13-14-7-4-5-9-24-14/h4-12,25H,13H2,1-3H3. The number of carbonyl (C=O) groups is 2. The molecule has 3 heterocycles. The number of carbonyl (C=O) groups excluding carboxylic acids is 2. The van der Waals surface area contributed by atoms with Crippen LogP contribution in [-0.4, -0.2) is 43.0 Å². The normalized spacial score (nSPS) is 13.5. The highest BCUT2D eigenvalue weighted by Crippen LogP contribution is 2.41. The Morgan fingerprint density at radius 2 is 1.72 bits per heavy atom. The van der Waals surface area contributed by atoms with Crippen molar-refractivity contribution in [2.75, 3.05) is 26.6 Å². The van der Waals surface area contributed by atoms with Crippen LogP contribution in [0.4, 0.5) is 5.69 Å². The Bertz CT molecular complexity index is 1150. The van der Waals surface area contributed by atoms with Gasteiger partial charge in [0.2, 0.25) is 5.75 Å². The molecule has 2 aromatic heterocycles. The first-order chi connectivity index (χ1) is 15.6. The average molecular weight is 452 g/mol. The Morgan fingerprint density at radius 1 is 0.969 bits per heavy atom.